The molecule has 1 aromatic rings. The number of rotatable bonds is 2. The van der Waals surface area contributed by atoms with Crippen LogP contribution in [0.1, 0.15) is 12.0 Å². The Kier molecular flexibility index (Phi) is 2.63. The van der Waals surface area contributed by atoms with E-state index in [1.165, 1.54) is 0 Å². The van der Waals surface area contributed by atoms with E-state index in [4.69, 9.17) is 9.47 Å². The van der Waals surface area contributed by atoms with Gasteiger partial charge < -0.3 is 14.4 Å². The third kappa shape index (κ3) is 2.07. The predicted molar refractivity (Wildman–Crippen MR) is 62.3 cm³/mol. The third-order valence-electron chi connectivity index (χ3n) is 3.17. The molecular weight excluding hydrogens is 218 g/mol. The maximum Gasteiger partial charge on any atom is 0.226 e. The maximum atomic E-state index is 11.8. The van der Waals surface area contributed by atoms with Gasteiger partial charge in [-0.25, -0.2) is 0 Å². The summed E-state index contributed by atoms with van der Waals surface area (Å²) in [4.78, 5) is 13.7. The first-order valence-electron chi connectivity index (χ1n) is 5.99. The van der Waals surface area contributed by atoms with Crippen LogP contribution >= 0.6 is 0 Å². The molecule has 0 spiro atoms. The minimum Gasteiger partial charge on any atom is -0.486 e. The van der Waals surface area contributed by atoms with Gasteiger partial charge >= 0.3 is 0 Å². The summed E-state index contributed by atoms with van der Waals surface area (Å²) in [5.41, 5.74) is 0.992. The summed E-state index contributed by atoms with van der Waals surface area (Å²) in [5.74, 6) is 1.73. The molecule has 0 aliphatic carbocycles. The lowest BCUT2D eigenvalue weighted by Gasteiger charge is -2.31. The minimum atomic E-state index is 0.202. The number of fused-ring (bicyclic) bond motifs is 1. The van der Waals surface area contributed by atoms with Crippen molar-refractivity contribution in [1.82, 2.24) is 4.90 Å². The summed E-state index contributed by atoms with van der Waals surface area (Å²) in [6, 6.07) is 5.73. The summed E-state index contributed by atoms with van der Waals surface area (Å²) in [5, 5.41) is 0. The number of carbonyl (C=O) groups is 1. The van der Waals surface area contributed by atoms with Gasteiger partial charge in [-0.1, -0.05) is 6.07 Å². The number of likely N-dealkylation sites (tertiary alicyclic amines) is 1. The van der Waals surface area contributed by atoms with E-state index < -0.39 is 0 Å². The monoisotopic (exact) mass is 233 g/mol. The topological polar surface area (TPSA) is 38.8 Å². The Morgan fingerprint density at radius 1 is 1.18 bits per heavy atom. The molecule has 2 aliphatic rings. The van der Waals surface area contributed by atoms with Gasteiger partial charge in [0.2, 0.25) is 5.91 Å². The zero-order valence-electron chi connectivity index (χ0n) is 9.65. The fourth-order valence-corrected chi connectivity index (χ4v) is 2.05. The van der Waals surface area contributed by atoms with E-state index in [0.717, 1.165) is 36.6 Å². The number of nitrogens with zero attached hydrogens (tertiary/aromatic N) is 1. The van der Waals surface area contributed by atoms with Crippen LogP contribution in [0.15, 0.2) is 18.2 Å². The normalized spacial score (nSPS) is 17.5. The molecule has 2 heterocycles. The number of amides is 1. The van der Waals surface area contributed by atoms with Crippen molar-refractivity contribution < 1.29 is 14.3 Å². The maximum absolute atomic E-state index is 11.8. The lowest BCUT2D eigenvalue weighted by molar-refractivity contribution is -0.133. The van der Waals surface area contributed by atoms with Crippen molar-refractivity contribution in [2.24, 2.45) is 0 Å². The lowest BCUT2D eigenvalue weighted by Crippen LogP contribution is -2.42. The molecular formula is C13H15NO3. The second-order valence-corrected chi connectivity index (χ2v) is 4.39. The Morgan fingerprint density at radius 2 is 1.94 bits per heavy atom. The highest BCUT2D eigenvalue weighted by Gasteiger charge is 2.21. The van der Waals surface area contributed by atoms with Crippen molar-refractivity contribution in [3.63, 3.8) is 0 Å². The van der Waals surface area contributed by atoms with E-state index >= 15 is 0 Å². The Balaban J connectivity index is 1.72. The standard InChI is InChI=1S/C13H15NO3/c15-13(14-4-1-5-14)9-10-2-3-11-12(8-10)17-7-6-16-11/h2-3,8H,1,4-7,9H2. The van der Waals surface area contributed by atoms with Crippen LogP contribution in [0.2, 0.25) is 0 Å². The SMILES string of the molecule is O=C(Cc1ccc2c(c1)OCCO2)N1CCC1. The van der Waals surface area contributed by atoms with E-state index in [1.54, 1.807) is 0 Å². The van der Waals surface area contributed by atoms with E-state index in [1.807, 2.05) is 23.1 Å². The molecule has 2 aliphatic heterocycles. The highest BCUT2D eigenvalue weighted by molar-refractivity contribution is 5.79. The van der Waals surface area contributed by atoms with Crippen LogP contribution in [0.25, 0.3) is 0 Å². The molecule has 3 rings (SSSR count). The molecule has 0 radical (unpaired) electrons. The summed E-state index contributed by atoms with van der Waals surface area (Å²) in [6.07, 6.45) is 1.59. The molecule has 0 aromatic heterocycles. The molecule has 4 heteroatoms. The molecule has 1 aromatic carbocycles. The molecule has 90 valence electrons. The zero-order chi connectivity index (χ0) is 11.7. The van der Waals surface area contributed by atoms with Crippen LogP contribution in [0, 0.1) is 0 Å². The van der Waals surface area contributed by atoms with Gasteiger partial charge in [0.05, 0.1) is 6.42 Å². The van der Waals surface area contributed by atoms with Gasteiger partial charge in [-0.15, -0.1) is 0 Å². The molecule has 1 amide bonds. The van der Waals surface area contributed by atoms with Crippen molar-refractivity contribution in [2.45, 2.75) is 12.8 Å². The largest absolute Gasteiger partial charge is 0.486 e. The Hall–Kier alpha value is -1.71. The third-order valence-corrected chi connectivity index (χ3v) is 3.17. The van der Waals surface area contributed by atoms with Crippen LogP contribution in [0.4, 0.5) is 0 Å². The first-order valence-corrected chi connectivity index (χ1v) is 5.99. The van der Waals surface area contributed by atoms with Crippen molar-refractivity contribution in [2.75, 3.05) is 26.3 Å². The van der Waals surface area contributed by atoms with Crippen LogP contribution < -0.4 is 9.47 Å². The van der Waals surface area contributed by atoms with Crippen molar-refractivity contribution in [3.8, 4) is 11.5 Å². The zero-order valence-corrected chi connectivity index (χ0v) is 9.65. The van der Waals surface area contributed by atoms with Crippen LogP contribution in [-0.4, -0.2) is 37.1 Å². The Bertz CT molecular complexity index is 440. The molecule has 0 bridgehead atoms. The number of ether oxygens (including phenoxy) is 2. The van der Waals surface area contributed by atoms with Gasteiger partial charge in [-0.3, -0.25) is 4.79 Å². The van der Waals surface area contributed by atoms with Crippen molar-refractivity contribution in [3.05, 3.63) is 23.8 Å². The van der Waals surface area contributed by atoms with E-state index in [2.05, 4.69) is 0 Å². The van der Waals surface area contributed by atoms with Gasteiger partial charge in [0, 0.05) is 13.1 Å². The second-order valence-electron chi connectivity index (χ2n) is 4.39. The lowest BCUT2D eigenvalue weighted by atomic mass is 10.1. The summed E-state index contributed by atoms with van der Waals surface area (Å²) in [6.45, 7) is 2.99. The smallest absolute Gasteiger partial charge is 0.226 e. The fraction of sp³-hybridized carbons (Fsp3) is 0.462. The van der Waals surface area contributed by atoms with Gasteiger partial charge in [0.25, 0.3) is 0 Å². The van der Waals surface area contributed by atoms with Crippen LogP contribution in [0.5, 0.6) is 11.5 Å². The van der Waals surface area contributed by atoms with Crippen LogP contribution in [-0.2, 0) is 11.2 Å². The number of benzene rings is 1. The fourth-order valence-electron chi connectivity index (χ4n) is 2.05. The molecule has 0 atom stereocenters. The Labute approximate surface area is 100 Å². The highest BCUT2D eigenvalue weighted by Crippen LogP contribution is 2.31. The average molecular weight is 233 g/mol. The Morgan fingerprint density at radius 3 is 2.65 bits per heavy atom. The number of hydrogen-bond acceptors (Lipinski definition) is 3. The predicted octanol–water partition coefficient (Wildman–Crippen LogP) is 1.23. The molecule has 17 heavy (non-hydrogen) atoms. The first-order chi connectivity index (χ1) is 8.33. The van der Waals surface area contributed by atoms with E-state index in [9.17, 15) is 4.79 Å². The van der Waals surface area contributed by atoms with Gasteiger partial charge in [-0.2, -0.15) is 0 Å². The molecule has 1 fully saturated rings. The molecule has 0 saturated carbocycles. The van der Waals surface area contributed by atoms with E-state index in [0.29, 0.717) is 19.6 Å². The molecule has 0 unspecified atom stereocenters. The summed E-state index contributed by atoms with van der Waals surface area (Å²) in [7, 11) is 0. The van der Waals surface area contributed by atoms with Crippen molar-refractivity contribution in [1.29, 1.82) is 0 Å². The second kappa shape index (κ2) is 4.28. The first kappa shape index (κ1) is 10.4. The summed E-state index contributed by atoms with van der Waals surface area (Å²) >= 11 is 0. The average Bonchev–Trinajstić information content (AvgIpc) is 2.26. The minimum absolute atomic E-state index is 0.202. The number of carbonyl (C=O) groups excluding carboxylic acids is 1. The number of hydrogen-bond donors (Lipinski definition) is 0. The van der Waals surface area contributed by atoms with Gasteiger partial charge in [0.15, 0.2) is 11.5 Å². The van der Waals surface area contributed by atoms with E-state index in [-0.39, 0.29) is 5.91 Å². The van der Waals surface area contributed by atoms with Crippen molar-refractivity contribution >= 4 is 5.91 Å². The van der Waals surface area contributed by atoms with Gasteiger partial charge in [0.1, 0.15) is 13.2 Å². The van der Waals surface area contributed by atoms with Gasteiger partial charge in [-0.05, 0) is 24.1 Å². The quantitative estimate of drug-likeness (QED) is 0.771. The summed E-state index contributed by atoms with van der Waals surface area (Å²) < 4.78 is 10.9. The molecule has 0 N–H and O–H groups in total. The highest BCUT2D eigenvalue weighted by atomic mass is 16.6. The van der Waals surface area contributed by atoms with Crippen LogP contribution in [0.3, 0.4) is 0 Å². The molecule has 4 nitrogen and oxygen atoms in total. The molecule has 1 saturated heterocycles.